The van der Waals surface area contributed by atoms with Gasteiger partial charge < -0.3 is 5.32 Å². The highest BCUT2D eigenvalue weighted by Gasteiger charge is 2.20. The summed E-state index contributed by atoms with van der Waals surface area (Å²) in [5.41, 5.74) is 0.290. The molecular weight excluding hydrogens is 276 g/mol. The van der Waals surface area contributed by atoms with Crippen molar-refractivity contribution >= 4 is 23.7 Å². The zero-order chi connectivity index (χ0) is 13.2. The van der Waals surface area contributed by atoms with Crippen molar-refractivity contribution in [2.24, 2.45) is 0 Å². The standard InChI is InChI=1S/C15H26N2S.ClH/c1-15(2,3)14-8-7-13(18-14)11-17-9-5-6-12(10-17)16-4;/h7-8,12,16H,5-6,9-11H2,1-4H3;1H. The zero-order valence-electron chi connectivity index (χ0n) is 12.5. The summed E-state index contributed by atoms with van der Waals surface area (Å²) in [5, 5.41) is 3.41. The third-order valence-corrected chi connectivity index (χ3v) is 5.19. The van der Waals surface area contributed by atoms with Crippen LogP contribution in [-0.4, -0.2) is 31.1 Å². The molecule has 0 aliphatic carbocycles. The van der Waals surface area contributed by atoms with Gasteiger partial charge in [-0.05, 0) is 44.0 Å². The predicted molar refractivity (Wildman–Crippen MR) is 87.6 cm³/mol. The molecule has 0 spiro atoms. The van der Waals surface area contributed by atoms with Crippen LogP contribution in [0.1, 0.15) is 43.4 Å². The molecule has 1 saturated heterocycles. The summed E-state index contributed by atoms with van der Waals surface area (Å²) in [7, 11) is 2.08. The molecule has 2 nitrogen and oxygen atoms in total. The van der Waals surface area contributed by atoms with Crippen molar-refractivity contribution in [3.05, 3.63) is 21.9 Å². The lowest BCUT2D eigenvalue weighted by Gasteiger charge is -2.32. The Bertz CT molecular complexity index is 384. The van der Waals surface area contributed by atoms with Crippen LogP contribution < -0.4 is 5.32 Å². The zero-order valence-corrected chi connectivity index (χ0v) is 14.2. The topological polar surface area (TPSA) is 15.3 Å². The Kier molecular flexibility index (Phi) is 6.31. The van der Waals surface area contributed by atoms with Crippen molar-refractivity contribution in [3.63, 3.8) is 0 Å². The molecule has 1 unspecified atom stereocenters. The third-order valence-electron chi connectivity index (χ3n) is 3.69. The molecule has 1 aromatic heterocycles. The number of nitrogens with zero attached hydrogens (tertiary/aromatic N) is 1. The van der Waals surface area contributed by atoms with E-state index >= 15 is 0 Å². The van der Waals surface area contributed by atoms with Gasteiger partial charge in [-0.25, -0.2) is 0 Å². The summed E-state index contributed by atoms with van der Waals surface area (Å²) >= 11 is 1.98. The first-order valence-electron chi connectivity index (χ1n) is 6.98. The van der Waals surface area contributed by atoms with Gasteiger partial charge in [0.25, 0.3) is 0 Å². The van der Waals surface area contributed by atoms with E-state index in [2.05, 4.69) is 50.2 Å². The van der Waals surface area contributed by atoms with Crippen LogP contribution in [0.2, 0.25) is 0 Å². The monoisotopic (exact) mass is 302 g/mol. The SMILES string of the molecule is CNC1CCCN(Cc2ccc(C(C)(C)C)s2)C1.Cl. The minimum Gasteiger partial charge on any atom is -0.316 e. The maximum absolute atomic E-state index is 3.41. The number of likely N-dealkylation sites (N-methyl/N-ethyl adjacent to an activating group) is 1. The molecule has 0 radical (unpaired) electrons. The normalized spacial score (nSPS) is 21.2. The molecule has 1 atom stereocenters. The first-order chi connectivity index (χ1) is 8.49. The molecule has 1 aliphatic rings. The third kappa shape index (κ3) is 4.75. The Morgan fingerprint density at radius 3 is 2.68 bits per heavy atom. The number of rotatable bonds is 3. The second kappa shape index (κ2) is 7.07. The highest BCUT2D eigenvalue weighted by molar-refractivity contribution is 7.12. The van der Waals surface area contributed by atoms with E-state index in [4.69, 9.17) is 0 Å². The van der Waals surface area contributed by atoms with E-state index < -0.39 is 0 Å². The number of likely N-dealkylation sites (tertiary alicyclic amines) is 1. The largest absolute Gasteiger partial charge is 0.316 e. The summed E-state index contributed by atoms with van der Waals surface area (Å²) in [5.74, 6) is 0. The van der Waals surface area contributed by atoms with Crippen molar-refractivity contribution in [1.82, 2.24) is 10.2 Å². The molecular formula is C15H27ClN2S. The average Bonchev–Trinajstić information content (AvgIpc) is 2.77. The maximum atomic E-state index is 3.41. The van der Waals surface area contributed by atoms with E-state index in [9.17, 15) is 0 Å². The van der Waals surface area contributed by atoms with Gasteiger partial charge >= 0.3 is 0 Å². The minimum atomic E-state index is 0. The molecule has 0 amide bonds. The molecule has 19 heavy (non-hydrogen) atoms. The summed E-state index contributed by atoms with van der Waals surface area (Å²) in [6.45, 7) is 10.4. The highest BCUT2D eigenvalue weighted by atomic mass is 35.5. The summed E-state index contributed by atoms with van der Waals surface area (Å²) in [6, 6.07) is 5.30. The molecule has 2 heterocycles. The van der Waals surface area contributed by atoms with Gasteiger partial charge in [-0.2, -0.15) is 0 Å². The van der Waals surface area contributed by atoms with Gasteiger partial charge in [0.05, 0.1) is 0 Å². The van der Waals surface area contributed by atoms with Gasteiger partial charge in [0, 0.05) is 28.9 Å². The van der Waals surface area contributed by atoms with Gasteiger partial charge in [0.1, 0.15) is 0 Å². The number of hydrogen-bond donors (Lipinski definition) is 1. The van der Waals surface area contributed by atoms with Crippen molar-refractivity contribution in [2.45, 2.75) is 51.6 Å². The Labute approximate surface area is 128 Å². The fourth-order valence-corrected chi connectivity index (χ4v) is 3.63. The lowest BCUT2D eigenvalue weighted by molar-refractivity contribution is 0.189. The summed E-state index contributed by atoms with van der Waals surface area (Å²) in [4.78, 5) is 5.60. The van der Waals surface area contributed by atoms with Crippen LogP contribution in [0.3, 0.4) is 0 Å². The van der Waals surface area contributed by atoms with E-state index in [0.29, 0.717) is 11.5 Å². The molecule has 1 N–H and O–H groups in total. The van der Waals surface area contributed by atoms with Crippen molar-refractivity contribution in [3.8, 4) is 0 Å². The van der Waals surface area contributed by atoms with Crippen LogP contribution in [0.25, 0.3) is 0 Å². The van der Waals surface area contributed by atoms with Crippen molar-refractivity contribution in [2.75, 3.05) is 20.1 Å². The predicted octanol–water partition coefficient (Wildman–Crippen LogP) is 3.65. The Morgan fingerprint density at radius 1 is 1.37 bits per heavy atom. The number of nitrogens with one attached hydrogen (secondary N) is 1. The van der Waals surface area contributed by atoms with Crippen LogP contribution in [0, 0.1) is 0 Å². The lowest BCUT2D eigenvalue weighted by Crippen LogP contribution is -2.43. The number of piperidine rings is 1. The van der Waals surface area contributed by atoms with Crippen LogP contribution >= 0.6 is 23.7 Å². The maximum Gasteiger partial charge on any atom is 0.0328 e. The number of halogens is 1. The molecule has 1 aliphatic heterocycles. The van der Waals surface area contributed by atoms with E-state index in [-0.39, 0.29) is 12.4 Å². The fourth-order valence-electron chi connectivity index (χ4n) is 2.52. The van der Waals surface area contributed by atoms with E-state index in [0.717, 1.165) is 6.54 Å². The van der Waals surface area contributed by atoms with Gasteiger partial charge in [-0.3, -0.25) is 4.90 Å². The summed E-state index contributed by atoms with van der Waals surface area (Å²) < 4.78 is 0. The Hall–Kier alpha value is -0.0900. The molecule has 1 aromatic rings. The Morgan fingerprint density at radius 2 is 2.11 bits per heavy atom. The van der Waals surface area contributed by atoms with E-state index in [1.807, 2.05) is 11.3 Å². The van der Waals surface area contributed by atoms with Gasteiger partial charge in [0.15, 0.2) is 0 Å². The second-order valence-corrected chi connectivity index (χ2v) is 7.55. The minimum absolute atomic E-state index is 0. The van der Waals surface area contributed by atoms with Crippen LogP contribution in [0.15, 0.2) is 12.1 Å². The molecule has 0 bridgehead atoms. The molecule has 0 saturated carbocycles. The molecule has 1 fully saturated rings. The summed E-state index contributed by atoms with van der Waals surface area (Å²) in [6.07, 6.45) is 2.65. The molecule has 2 rings (SSSR count). The highest BCUT2D eigenvalue weighted by Crippen LogP contribution is 2.30. The van der Waals surface area contributed by atoms with E-state index in [1.54, 1.807) is 0 Å². The van der Waals surface area contributed by atoms with Gasteiger partial charge in [-0.15, -0.1) is 23.7 Å². The molecule has 0 aromatic carbocycles. The Balaban J connectivity index is 0.00000180. The van der Waals surface area contributed by atoms with Crippen LogP contribution in [0.5, 0.6) is 0 Å². The lowest BCUT2D eigenvalue weighted by atomic mass is 9.95. The fraction of sp³-hybridized carbons (Fsp3) is 0.733. The second-order valence-electron chi connectivity index (χ2n) is 6.38. The van der Waals surface area contributed by atoms with Gasteiger partial charge in [-0.1, -0.05) is 20.8 Å². The van der Waals surface area contributed by atoms with Crippen LogP contribution in [0.4, 0.5) is 0 Å². The van der Waals surface area contributed by atoms with E-state index in [1.165, 1.54) is 35.7 Å². The van der Waals surface area contributed by atoms with Gasteiger partial charge in [0.2, 0.25) is 0 Å². The number of thiophene rings is 1. The van der Waals surface area contributed by atoms with Crippen LogP contribution in [-0.2, 0) is 12.0 Å². The number of hydrogen-bond acceptors (Lipinski definition) is 3. The average molecular weight is 303 g/mol. The first-order valence-corrected chi connectivity index (χ1v) is 7.79. The van der Waals surface area contributed by atoms with Crippen molar-refractivity contribution in [1.29, 1.82) is 0 Å². The molecule has 110 valence electrons. The van der Waals surface area contributed by atoms with Crippen molar-refractivity contribution < 1.29 is 0 Å². The first kappa shape index (κ1) is 17.0. The molecule has 4 heteroatoms. The quantitative estimate of drug-likeness (QED) is 0.917. The smallest absolute Gasteiger partial charge is 0.0328 e.